The third kappa shape index (κ3) is 5.17. The number of hydroxylamine groups is 1. The lowest BCUT2D eigenvalue weighted by Gasteiger charge is -2.29. The maximum absolute atomic E-state index is 14.0. The number of anilines is 2. The van der Waals surface area contributed by atoms with Gasteiger partial charge < -0.3 is 14.2 Å². The van der Waals surface area contributed by atoms with Crippen molar-refractivity contribution in [3.63, 3.8) is 0 Å². The molecule has 4 aromatic rings. The molecule has 0 N–H and O–H groups in total. The Balaban J connectivity index is 1.34. The molecule has 10 heteroatoms. The maximum atomic E-state index is 14.0. The second kappa shape index (κ2) is 11.6. The van der Waals surface area contributed by atoms with E-state index in [1.807, 2.05) is 37.3 Å². The van der Waals surface area contributed by atoms with Crippen LogP contribution in [-0.4, -0.2) is 37.6 Å². The van der Waals surface area contributed by atoms with Crippen LogP contribution in [0.15, 0.2) is 97.1 Å². The Hall–Kier alpha value is -5.22. The molecule has 9 nitrogen and oxygen atoms in total. The van der Waals surface area contributed by atoms with Gasteiger partial charge in [-0.15, -0.1) is 0 Å². The van der Waals surface area contributed by atoms with Gasteiger partial charge in [-0.05, 0) is 85.3 Å². The van der Waals surface area contributed by atoms with E-state index in [0.717, 1.165) is 4.90 Å². The number of rotatable bonds is 8. The zero-order valence-electron chi connectivity index (χ0n) is 23.3. The van der Waals surface area contributed by atoms with Crippen molar-refractivity contribution in [3.8, 4) is 17.2 Å². The minimum absolute atomic E-state index is 0.132. The summed E-state index contributed by atoms with van der Waals surface area (Å²) in [5, 5.41) is 1.57. The molecule has 0 saturated carbocycles. The van der Waals surface area contributed by atoms with Crippen LogP contribution in [0.5, 0.6) is 17.2 Å². The van der Waals surface area contributed by atoms with Crippen LogP contribution in [-0.2, 0) is 14.4 Å². The van der Waals surface area contributed by atoms with Crippen LogP contribution in [0.2, 0.25) is 0 Å². The summed E-state index contributed by atoms with van der Waals surface area (Å²) in [5.74, 6) is -1.94. The van der Waals surface area contributed by atoms with Crippen LogP contribution in [0.1, 0.15) is 28.9 Å². The Bertz CT molecular complexity index is 1660. The number of amides is 2. The molecule has 2 aliphatic heterocycles. The summed E-state index contributed by atoms with van der Waals surface area (Å²) in [6.45, 7) is 2.36. The largest absolute Gasteiger partial charge is 0.494 e. The first kappa shape index (κ1) is 27.9. The smallest absolute Gasteiger partial charge is 0.343 e. The molecule has 0 aromatic heterocycles. The number of esters is 1. The molecule has 43 heavy (non-hydrogen) atoms. The first-order valence-electron chi connectivity index (χ1n) is 13.7. The van der Waals surface area contributed by atoms with Gasteiger partial charge in [0, 0.05) is 0 Å². The Kier molecular flexibility index (Phi) is 7.52. The summed E-state index contributed by atoms with van der Waals surface area (Å²) in [4.78, 5) is 47.7. The average molecular weight is 583 g/mol. The van der Waals surface area contributed by atoms with Gasteiger partial charge in [0.05, 0.1) is 36.7 Å². The van der Waals surface area contributed by atoms with E-state index in [4.69, 9.17) is 19.0 Å². The lowest BCUT2D eigenvalue weighted by molar-refractivity contribution is -0.126. The molecule has 4 aromatic carbocycles. The minimum atomic E-state index is -1.06. The molecule has 0 unspecified atom stereocenters. The monoisotopic (exact) mass is 582 g/mol. The highest BCUT2D eigenvalue weighted by Gasteiger charge is 2.60. The van der Waals surface area contributed by atoms with E-state index in [-0.39, 0.29) is 17.1 Å². The Morgan fingerprint density at radius 2 is 1.58 bits per heavy atom. The van der Waals surface area contributed by atoms with E-state index in [1.54, 1.807) is 47.5 Å². The van der Waals surface area contributed by atoms with Crippen molar-refractivity contribution in [1.82, 2.24) is 0 Å². The van der Waals surface area contributed by atoms with E-state index in [0.29, 0.717) is 29.3 Å². The van der Waals surface area contributed by atoms with Crippen molar-refractivity contribution in [2.45, 2.75) is 19.1 Å². The third-order valence-electron chi connectivity index (χ3n) is 7.34. The SMILES string of the molecule is CCOc1ccc(N2C(=O)[C@@H]3[C@H](ON(c4ccccc4)[C@H]3c3ccc(OC(=O)c4ccc(F)cc4)c(OC)c3)C2=O)cc1. The highest BCUT2D eigenvalue weighted by molar-refractivity contribution is 6.24. The molecule has 2 heterocycles. The number of para-hydroxylation sites is 1. The molecule has 0 radical (unpaired) electrons. The maximum Gasteiger partial charge on any atom is 0.343 e. The number of hydrogen-bond donors (Lipinski definition) is 0. The molecule has 218 valence electrons. The second-order valence-electron chi connectivity index (χ2n) is 9.90. The molecule has 0 aliphatic carbocycles. The van der Waals surface area contributed by atoms with Crippen molar-refractivity contribution < 1.29 is 37.8 Å². The number of methoxy groups -OCH3 is 1. The summed E-state index contributed by atoms with van der Waals surface area (Å²) in [5.41, 5.74) is 1.84. The molecule has 2 fully saturated rings. The molecule has 2 saturated heterocycles. The van der Waals surface area contributed by atoms with Gasteiger partial charge in [0.25, 0.3) is 5.91 Å². The Morgan fingerprint density at radius 1 is 0.860 bits per heavy atom. The summed E-state index contributed by atoms with van der Waals surface area (Å²) in [6.07, 6.45) is -1.06. The van der Waals surface area contributed by atoms with Gasteiger partial charge >= 0.3 is 5.97 Å². The quantitative estimate of drug-likeness (QED) is 0.153. The number of ether oxygens (including phenoxy) is 3. The lowest BCUT2D eigenvalue weighted by atomic mass is 9.90. The average Bonchev–Trinajstić information content (AvgIpc) is 3.54. The number of hydrogen-bond acceptors (Lipinski definition) is 8. The molecule has 2 amide bonds. The van der Waals surface area contributed by atoms with Crippen LogP contribution in [0.3, 0.4) is 0 Å². The molecular weight excluding hydrogens is 555 g/mol. The van der Waals surface area contributed by atoms with E-state index >= 15 is 0 Å². The number of nitrogens with zero attached hydrogens (tertiary/aromatic N) is 2. The zero-order valence-corrected chi connectivity index (χ0v) is 23.3. The van der Waals surface area contributed by atoms with Gasteiger partial charge in [0.2, 0.25) is 5.91 Å². The second-order valence-corrected chi connectivity index (χ2v) is 9.90. The van der Waals surface area contributed by atoms with Crippen molar-refractivity contribution >= 4 is 29.2 Å². The number of fused-ring (bicyclic) bond motifs is 1. The molecule has 0 spiro atoms. The molecule has 3 atom stereocenters. The highest BCUT2D eigenvalue weighted by Crippen LogP contribution is 2.48. The summed E-state index contributed by atoms with van der Waals surface area (Å²) >= 11 is 0. The normalized spacial score (nSPS) is 19.4. The molecule has 6 rings (SSSR count). The number of carbonyl (C=O) groups excluding carboxylic acids is 3. The zero-order chi connectivity index (χ0) is 30.1. The Labute approximate surface area is 246 Å². The predicted molar refractivity (Wildman–Crippen MR) is 154 cm³/mol. The van der Waals surface area contributed by atoms with E-state index in [9.17, 15) is 18.8 Å². The van der Waals surface area contributed by atoms with Gasteiger partial charge in [-0.3, -0.25) is 14.4 Å². The van der Waals surface area contributed by atoms with Crippen LogP contribution in [0.25, 0.3) is 0 Å². The van der Waals surface area contributed by atoms with E-state index < -0.39 is 41.7 Å². The van der Waals surface area contributed by atoms with Crippen molar-refractivity contribution in [1.29, 1.82) is 0 Å². The van der Waals surface area contributed by atoms with Crippen molar-refractivity contribution in [2.75, 3.05) is 23.7 Å². The number of imide groups is 1. The standard InChI is InChI=1S/C33H27FN2O7/c1-3-41-25-16-14-23(15-17-25)35-31(37)28-29(36(43-30(28)32(35)38)24-7-5-4-6-8-24)21-11-18-26(27(19-21)40-2)42-33(39)20-9-12-22(34)13-10-20/h4-19,28-30H,3H2,1-2H3/t28-,29-,30-/m0/s1. The van der Waals surface area contributed by atoms with E-state index in [2.05, 4.69) is 0 Å². The molecule has 2 aliphatic rings. The third-order valence-corrected chi connectivity index (χ3v) is 7.34. The summed E-state index contributed by atoms with van der Waals surface area (Å²) in [7, 11) is 1.43. The topological polar surface area (TPSA) is 94.6 Å². The van der Waals surface area contributed by atoms with Crippen LogP contribution in [0, 0.1) is 11.7 Å². The molecular formula is C33H27FN2O7. The van der Waals surface area contributed by atoms with E-state index in [1.165, 1.54) is 31.4 Å². The van der Waals surface area contributed by atoms with Crippen LogP contribution >= 0.6 is 0 Å². The van der Waals surface area contributed by atoms with Gasteiger partial charge in [0.15, 0.2) is 17.6 Å². The van der Waals surface area contributed by atoms with Crippen LogP contribution in [0.4, 0.5) is 15.8 Å². The number of benzene rings is 4. The van der Waals surface area contributed by atoms with Gasteiger partial charge in [0.1, 0.15) is 17.5 Å². The van der Waals surface area contributed by atoms with Crippen LogP contribution < -0.4 is 24.2 Å². The van der Waals surface area contributed by atoms with Crippen molar-refractivity contribution in [3.05, 3.63) is 114 Å². The predicted octanol–water partition coefficient (Wildman–Crippen LogP) is 5.50. The number of halogens is 1. The fourth-order valence-corrected chi connectivity index (χ4v) is 5.36. The highest BCUT2D eigenvalue weighted by atomic mass is 19.1. The summed E-state index contributed by atoms with van der Waals surface area (Å²) < 4.78 is 29.9. The Morgan fingerprint density at radius 3 is 2.26 bits per heavy atom. The first-order chi connectivity index (χ1) is 20.9. The van der Waals surface area contributed by atoms with Gasteiger partial charge in [-0.25, -0.2) is 19.1 Å². The molecule has 0 bridgehead atoms. The van der Waals surface area contributed by atoms with Gasteiger partial charge in [-0.2, -0.15) is 0 Å². The fraction of sp³-hybridized carbons (Fsp3) is 0.182. The minimum Gasteiger partial charge on any atom is -0.494 e. The number of carbonyl (C=O) groups is 3. The summed E-state index contributed by atoms with van der Waals surface area (Å²) in [6, 6.07) is 25.1. The first-order valence-corrected chi connectivity index (χ1v) is 13.7. The van der Waals surface area contributed by atoms with Crippen molar-refractivity contribution in [2.24, 2.45) is 5.92 Å². The van der Waals surface area contributed by atoms with Gasteiger partial charge in [-0.1, -0.05) is 24.3 Å². The lowest BCUT2D eigenvalue weighted by Crippen LogP contribution is -2.37. The fourth-order valence-electron chi connectivity index (χ4n) is 5.36.